The van der Waals surface area contributed by atoms with E-state index >= 15 is 0 Å². The molecular weight excluding hydrogens is 201 g/mol. The zero-order valence-corrected chi connectivity index (χ0v) is 7.71. The third-order valence-corrected chi connectivity index (χ3v) is 1.84. The van der Waals surface area contributed by atoms with E-state index in [2.05, 4.69) is 15.0 Å². The van der Waals surface area contributed by atoms with E-state index in [1.807, 2.05) is 24.3 Å². The number of aromatic nitrogens is 3. The summed E-state index contributed by atoms with van der Waals surface area (Å²) >= 11 is 0. The van der Waals surface area contributed by atoms with Crippen molar-refractivity contribution in [3.8, 4) is 17.1 Å². The van der Waals surface area contributed by atoms with Gasteiger partial charge in [-0.3, -0.25) is 0 Å². The predicted molar refractivity (Wildman–Crippen MR) is 59.0 cm³/mol. The molecule has 0 spiro atoms. The summed E-state index contributed by atoms with van der Waals surface area (Å²) in [5.74, 6) is 1.49. The molecule has 2 rings (SSSR count). The van der Waals surface area contributed by atoms with E-state index in [1.165, 1.54) is 12.7 Å². The summed E-state index contributed by atoms with van der Waals surface area (Å²) in [6, 6.07) is 7.57. The predicted octanol–water partition coefficient (Wildman–Crippen LogP) is 0.899. The van der Waals surface area contributed by atoms with Gasteiger partial charge < -0.3 is 4.74 Å². The van der Waals surface area contributed by atoms with Crippen LogP contribution in [-0.2, 0) is 0 Å². The molecule has 5 heteroatoms. The maximum absolute atomic E-state index is 5.05. The number of benzene rings is 1. The van der Waals surface area contributed by atoms with Crippen LogP contribution in [0.25, 0.3) is 11.4 Å². The molecule has 0 bridgehead atoms. The Balaban J connectivity index is 0.00000112. The molecule has 0 aliphatic carbocycles. The Morgan fingerprint density at radius 3 is 2.13 bits per heavy atom. The van der Waals surface area contributed by atoms with Gasteiger partial charge in [0.15, 0.2) is 5.82 Å². The Hall–Kier alpha value is -0.970. The summed E-state index contributed by atoms with van der Waals surface area (Å²) in [4.78, 5) is 11.8. The van der Waals surface area contributed by atoms with Crippen LogP contribution in [0.2, 0.25) is 0 Å². The monoisotopic (exact) mass is 211 g/mol. The molecule has 1 aromatic heterocycles. The van der Waals surface area contributed by atoms with E-state index in [1.54, 1.807) is 7.11 Å². The number of hydrogen-bond acceptors (Lipinski definition) is 4. The summed E-state index contributed by atoms with van der Waals surface area (Å²) in [6.07, 6.45) is 2.96. The van der Waals surface area contributed by atoms with Gasteiger partial charge in [0, 0.05) is 5.56 Å². The van der Waals surface area contributed by atoms with Crippen LogP contribution in [0.1, 0.15) is 0 Å². The second kappa shape index (κ2) is 5.80. The van der Waals surface area contributed by atoms with Crippen LogP contribution in [0.15, 0.2) is 36.9 Å². The van der Waals surface area contributed by atoms with Crippen LogP contribution >= 0.6 is 0 Å². The third-order valence-electron chi connectivity index (χ3n) is 1.84. The fourth-order valence-electron chi connectivity index (χ4n) is 1.13. The van der Waals surface area contributed by atoms with Crippen LogP contribution in [0.5, 0.6) is 5.75 Å². The standard InChI is InChI=1S/C10H9N3O.Na.H/c1-14-9-4-2-8(3-5-9)10-12-6-11-7-13-10;;/h2-7H,1H3;;. The average molecular weight is 211 g/mol. The SMILES string of the molecule is COc1ccc(-c2ncncn2)cc1.[NaH]. The number of rotatable bonds is 2. The van der Waals surface area contributed by atoms with Gasteiger partial charge in [-0.05, 0) is 24.3 Å². The van der Waals surface area contributed by atoms with E-state index in [-0.39, 0.29) is 29.6 Å². The van der Waals surface area contributed by atoms with Crippen LogP contribution in [-0.4, -0.2) is 51.6 Å². The summed E-state index contributed by atoms with van der Waals surface area (Å²) in [6.45, 7) is 0. The van der Waals surface area contributed by atoms with E-state index in [9.17, 15) is 0 Å². The van der Waals surface area contributed by atoms with Gasteiger partial charge in [0.1, 0.15) is 18.4 Å². The topological polar surface area (TPSA) is 47.9 Å². The molecule has 1 aromatic carbocycles. The van der Waals surface area contributed by atoms with Crippen molar-refractivity contribution < 1.29 is 4.74 Å². The van der Waals surface area contributed by atoms with Crippen LogP contribution in [0.4, 0.5) is 0 Å². The van der Waals surface area contributed by atoms with Gasteiger partial charge in [-0.25, -0.2) is 15.0 Å². The molecule has 2 aromatic rings. The molecule has 0 amide bonds. The molecule has 1 heterocycles. The Bertz CT molecular complexity index is 405. The number of hydrogen-bond donors (Lipinski definition) is 0. The summed E-state index contributed by atoms with van der Waals surface area (Å²) in [5, 5.41) is 0. The van der Waals surface area contributed by atoms with Gasteiger partial charge in [-0.2, -0.15) is 0 Å². The maximum atomic E-state index is 5.05. The van der Waals surface area contributed by atoms with Crippen molar-refractivity contribution in [2.24, 2.45) is 0 Å². The van der Waals surface area contributed by atoms with E-state index in [4.69, 9.17) is 4.74 Å². The van der Waals surface area contributed by atoms with Gasteiger partial charge in [0.2, 0.25) is 0 Å². The van der Waals surface area contributed by atoms with Crippen LogP contribution < -0.4 is 4.74 Å². The fourth-order valence-corrected chi connectivity index (χ4v) is 1.13. The number of nitrogens with zero attached hydrogens (tertiary/aromatic N) is 3. The molecule has 0 N–H and O–H groups in total. The molecule has 15 heavy (non-hydrogen) atoms. The zero-order chi connectivity index (χ0) is 9.80. The quantitative estimate of drug-likeness (QED) is 0.692. The van der Waals surface area contributed by atoms with Crippen molar-refractivity contribution in [1.29, 1.82) is 0 Å². The van der Waals surface area contributed by atoms with Crippen molar-refractivity contribution in [2.45, 2.75) is 0 Å². The molecule has 72 valence electrons. The fraction of sp³-hybridized carbons (Fsp3) is 0.100. The Labute approximate surface area is 110 Å². The van der Waals surface area contributed by atoms with Crippen molar-refractivity contribution in [2.75, 3.05) is 7.11 Å². The van der Waals surface area contributed by atoms with Crippen LogP contribution in [0.3, 0.4) is 0 Å². The van der Waals surface area contributed by atoms with Crippen molar-refractivity contribution in [3.05, 3.63) is 36.9 Å². The molecule has 0 atom stereocenters. The molecule has 0 fully saturated rings. The molecule has 0 aliphatic rings. The van der Waals surface area contributed by atoms with Crippen molar-refractivity contribution >= 4 is 29.6 Å². The van der Waals surface area contributed by atoms with E-state index in [0.717, 1.165) is 11.3 Å². The summed E-state index contributed by atoms with van der Waals surface area (Å²) in [7, 11) is 1.64. The molecule has 0 saturated heterocycles. The third kappa shape index (κ3) is 2.99. The van der Waals surface area contributed by atoms with E-state index in [0.29, 0.717) is 5.82 Å². The van der Waals surface area contributed by atoms with Gasteiger partial charge in [0.25, 0.3) is 0 Å². The van der Waals surface area contributed by atoms with Crippen molar-refractivity contribution in [1.82, 2.24) is 15.0 Å². The first-order chi connectivity index (χ1) is 6.90. The van der Waals surface area contributed by atoms with Crippen LogP contribution in [0, 0.1) is 0 Å². The normalized spacial score (nSPS) is 9.13. The number of methoxy groups -OCH3 is 1. The van der Waals surface area contributed by atoms with Gasteiger partial charge in [0.05, 0.1) is 7.11 Å². The molecule has 0 saturated carbocycles. The van der Waals surface area contributed by atoms with E-state index < -0.39 is 0 Å². The molecule has 0 unspecified atom stereocenters. The number of ether oxygens (including phenoxy) is 1. The average Bonchev–Trinajstić information content (AvgIpc) is 2.30. The minimum atomic E-state index is 0. The van der Waals surface area contributed by atoms with Gasteiger partial charge in [-0.15, -0.1) is 0 Å². The Morgan fingerprint density at radius 1 is 1.00 bits per heavy atom. The van der Waals surface area contributed by atoms with Gasteiger partial charge in [-0.1, -0.05) is 0 Å². The first-order valence-electron chi connectivity index (χ1n) is 4.16. The first kappa shape index (κ1) is 12.1. The zero-order valence-electron chi connectivity index (χ0n) is 7.71. The Kier molecular flexibility index (Phi) is 4.68. The summed E-state index contributed by atoms with van der Waals surface area (Å²) in [5.41, 5.74) is 0.952. The molecule has 0 radical (unpaired) electrons. The minimum absolute atomic E-state index is 0. The molecular formula is C10H10N3NaO. The molecule has 0 aliphatic heterocycles. The van der Waals surface area contributed by atoms with Crippen molar-refractivity contribution in [3.63, 3.8) is 0 Å². The Morgan fingerprint density at radius 2 is 1.60 bits per heavy atom. The first-order valence-corrected chi connectivity index (χ1v) is 4.16. The second-order valence-corrected chi connectivity index (χ2v) is 2.69. The van der Waals surface area contributed by atoms with Gasteiger partial charge >= 0.3 is 29.6 Å². The molecule has 4 nitrogen and oxygen atoms in total. The summed E-state index contributed by atoms with van der Waals surface area (Å²) < 4.78 is 5.05. The second-order valence-electron chi connectivity index (χ2n) is 2.69.